The Morgan fingerprint density at radius 1 is 0.826 bits per heavy atom. The molecule has 1 saturated carbocycles. The second-order valence-electron chi connectivity index (χ2n) is 6.85. The first-order chi connectivity index (χ1) is 11.3. The lowest BCUT2D eigenvalue weighted by atomic mass is 9.85. The molecule has 0 radical (unpaired) electrons. The van der Waals surface area contributed by atoms with Crippen molar-refractivity contribution in [3.63, 3.8) is 0 Å². The van der Waals surface area contributed by atoms with Gasteiger partial charge >= 0.3 is 0 Å². The number of carbonyl (C=O) groups excluding carboxylic acids is 1. The maximum Gasteiger partial charge on any atom is 0.226 e. The van der Waals surface area contributed by atoms with Crippen LogP contribution in [0.5, 0.6) is 0 Å². The molecule has 1 amide bonds. The molecule has 118 valence electrons. The molecule has 2 fully saturated rings. The molecule has 2 nitrogen and oxygen atoms in total. The van der Waals surface area contributed by atoms with Crippen molar-refractivity contribution in [1.82, 2.24) is 4.90 Å². The molecule has 0 spiro atoms. The molecule has 0 unspecified atom stereocenters. The highest BCUT2D eigenvalue weighted by atomic mass is 16.2. The number of amides is 1. The van der Waals surface area contributed by atoms with Gasteiger partial charge in [0.05, 0.1) is 5.92 Å². The van der Waals surface area contributed by atoms with Gasteiger partial charge in [-0.2, -0.15) is 0 Å². The lowest BCUT2D eigenvalue weighted by Gasteiger charge is -2.28. The molecule has 23 heavy (non-hydrogen) atoms. The molecule has 2 heteroatoms. The molecule has 2 aromatic rings. The third kappa shape index (κ3) is 2.46. The summed E-state index contributed by atoms with van der Waals surface area (Å²) in [7, 11) is 0. The van der Waals surface area contributed by atoms with E-state index in [1.165, 1.54) is 17.5 Å². The van der Waals surface area contributed by atoms with Crippen LogP contribution in [0.2, 0.25) is 0 Å². The number of piperidine rings is 1. The summed E-state index contributed by atoms with van der Waals surface area (Å²) >= 11 is 0. The summed E-state index contributed by atoms with van der Waals surface area (Å²) in [5.41, 5.74) is 2.44. The molecule has 2 aliphatic rings. The first-order valence-corrected chi connectivity index (χ1v) is 8.72. The average Bonchev–Trinajstić information content (AvgIpc) is 3.40. The normalized spacial score (nSPS) is 22.6. The van der Waals surface area contributed by atoms with Gasteiger partial charge in [-0.05, 0) is 36.8 Å². The van der Waals surface area contributed by atoms with Crippen LogP contribution in [0.25, 0.3) is 0 Å². The van der Waals surface area contributed by atoms with Crippen molar-refractivity contribution in [2.75, 3.05) is 13.1 Å². The topological polar surface area (TPSA) is 20.3 Å². The van der Waals surface area contributed by atoms with Crippen molar-refractivity contribution < 1.29 is 4.79 Å². The molecule has 0 aromatic heterocycles. The van der Waals surface area contributed by atoms with Gasteiger partial charge in [0, 0.05) is 18.5 Å². The van der Waals surface area contributed by atoms with E-state index in [0.29, 0.717) is 5.91 Å². The van der Waals surface area contributed by atoms with Gasteiger partial charge < -0.3 is 4.90 Å². The van der Waals surface area contributed by atoms with Crippen molar-refractivity contribution >= 4 is 5.91 Å². The van der Waals surface area contributed by atoms with Gasteiger partial charge in [-0.15, -0.1) is 0 Å². The number of nitrogens with zero attached hydrogens (tertiary/aromatic N) is 1. The van der Waals surface area contributed by atoms with E-state index in [4.69, 9.17) is 0 Å². The summed E-state index contributed by atoms with van der Waals surface area (Å²) in [5.74, 6) is 0.461. The molecule has 1 saturated heterocycles. The summed E-state index contributed by atoms with van der Waals surface area (Å²) in [6, 6.07) is 21.1. The lowest BCUT2D eigenvalue weighted by molar-refractivity contribution is -0.133. The van der Waals surface area contributed by atoms with Gasteiger partial charge in [0.1, 0.15) is 0 Å². The third-order valence-corrected chi connectivity index (χ3v) is 5.50. The zero-order valence-electron chi connectivity index (χ0n) is 13.4. The summed E-state index contributed by atoms with van der Waals surface area (Å²) in [6.07, 6.45) is 4.51. The molecule has 0 N–H and O–H groups in total. The van der Waals surface area contributed by atoms with Crippen LogP contribution in [0.4, 0.5) is 0 Å². The predicted molar refractivity (Wildman–Crippen MR) is 92.2 cm³/mol. The van der Waals surface area contributed by atoms with Gasteiger partial charge in [0.2, 0.25) is 5.91 Å². The molecular weight excluding hydrogens is 282 g/mol. The zero-order chi connectivity index (χ0) is 15.7. The first kappa shape index (κ1) is 14.5. The fraction of sp³-hybridized carbons (Fsp3) is 0.381. The Balaban J connectivity index is 1.68. The Morgan fingerprint density at radius 3 is 1.87 bits per heavy atom. The number of hydrogen-bond donors (Lipinski definition) is 0. The smallest absolute Gasteiger partial charge is 0.226 e. The Morgan fingerprint density at radius 2 is 1.35 bits per heavy atom. The minimum Gasteiger partial charge on any atom is -0.342 e. The van der Waals surface area contributed by atoms with Crippen LogP contribution >= 0.6 is 0 Å². The van der Waals surface area contributed by atoms with Crippen LogP contribution in [0.15, 0.2) is 60.7 Å². The number of benzene rings is 2. The zero-order valence-corrected chi connectivity index (χ0v) is 13.4. The minimum absolute atomic E-state index is 0.102. The van der Waals surface area contributed by atoms with E-state index >= 15 is 0 Å². The second-order valence-corrected chi connectivity index (χ2v) is 6.85. The van der Waals surface area contributed by atoms with Crippen LogP contribution in [0, 0.1) is 5.92 Å². The van der Waals surface area contributed by atoms with Crippen LogP contribution < -0.4 is 0 Å². The molecule has 1 heterocycles. The number of rotatable bonds is 3. The maximum absolute atomic E-state index is 13.0. The summed E-state index contributed by atoms with van der Waals surface area (Å²) in [6.45, 7) is 1.88. The highest BCUT2D eigenvalue weighted by Crippen LogP contribution is 2.59. The lowest BCUT2D eigenvalue weighted by Crippen LogP contribution is -2.38. The van der Waals surface area contributed by atoms with Gasteiger partial charge in [0.15, 0.2) is 0 Å². The van der Waals surface area contributed by atoms with Crippen molar-refractivity contribution in [3.05, 3.63) is 71.8 Å². The molecule has 1 aliphatic heterocycles. The molecule has 4 rings (SSSR count). The Kier molecular flexibility index (Phi) is 3.68. The summed E-state index contributed by atoms with van der Waals surface area (Å²) < 4.78 is 0. The van der Waals surface area contributed by atoms with E-state index in [0.717, 1.165) is 32.4 Å². The standard InChI is InChI=1S/C21H23NO/c23-20(22-14-8-3-9-15-22)19-16-21(19,17-10-4-1-5-11-17)18-12-6-2-7-13-18/h1-2,4-7,10-13,19H,3,8-9,14-16H2/t19-/m1/s1. The molecule has 0 bridgehead atoms. The summed E-state index contributed by atoms with van der Waals surface area (Å²) in [4.78, 5) is 15.1. The third-order valence-electron chi connectivity index (χ3n) is 5.50. The van der Waals surface area contributed by atoms with Crippen LogP contribution in [-0.2, 0) is 10.2 Å². The molecule has 2 aromatic carbocycles. The van der Waals surface area contributed by atoms with E-state index in [1.807, 2.05) is 12.1 Å². The van der Waals surface area contributed by atoms with E-state index in [-0.39, 0.29) is 11.3 Å². The number of hydrogen-bond acceptors (Lipinski definition) is 1. The van der Waals surface area contributed by atoms with Gasteiger partial charge in [0.25, 0.3) is 0 Å². The maximum atomic E-state index is 13.0. The summed E-state index contributed by atoms with van der Waals surface area (Å²) in [5, 5.41) is 0. The second kappa shape index (κ2) is 5.84. The van der Waals surface area contributed by atoms with Crippen molar-refractivity contribution in [2.45, 2.75) is 31.1 Å². The largest absolute Gasteiger partial charge is 0.342 e. The average molecular weight is 305 g/mol. The number of likely N-dealkylation sites (tertiary alicyclic amines) is 1. The predicted octanol–water partition coefficient (Wildman–Crippen LogP) is 4.01. The van der Waals surface area contributed by atoms with E-state index in [1.54, 1.807) is 0 Å². The Hall–Kier alpha value is -2.09. The Labute approximate surface area is 138 Å². The van der Waals surface area contributed by atoms with Gasteiger partial charge in [-0.25, -0.2) is 0 Å². The van der Waals surface area contributed by atoms with Crippen LogP contribution in [0.1, 0.15) is 36.8 Å². The van der Waals surface area contributed by atoms with Gasteiger partial charge in [-0.1, -0.05) is 60.7 Å². The molecule has 1 atom stereocenters. The SMILES string of the molecule is O=C([C@H]1CC1(c1ccccc1)c1ccccc1)N1CCCCC1. The van der Waals surface area contributed by atoms with Crippen molar-refractivity contribution in [1.29, 1.82) is 0 Å². The van der Waals surface area contributed by atoms with Crippen LogP contribution in [-0.4, -0.2) is 23.9 Å². The van der Waals surface area contributed by atoms with Crippen molar-refractivity contribution in [2.24, 2.45) is 5.92 Å². The van der Waals surface area contributed by atoms with E-state index in [2.05, 4.69) is 53.4 Å². The van der Waals surface area contributed by atoms with Crippen LogP contribution in [0.3, 0.4) is 0 Å². The van der Waals surface area contributed by atoms with E-state index < -0.39 is 0 Å². The van der Waals surface area contributed by atoms with E-state index in [9.17, 15) is 4.79 Å². The molecular formula is C21H23NO. The van der Waals surface area contributed by atoms with Crippen molar-refractivity contribution in [3.8, 4) is 0 Å². The monoisotopic (exact) mass is 305 g/mol. The first-order valence-electron chi connectivity index (χ1n) is 8.72. The van der Waals surface area contributed by atoms with Gasteiger partial charge in [-0.3, -0.25) is 4.79 Å². The Bertz CT molecular complexity index is 634. The minimum atomic E-state index is -0.114. The molecule has 1 aliphatic carbocycles. The fourth-order valence-electron chi connectivity index (χ4n) is 4.17. The highest BCUT2D eigenvalue weighted by molar-refractivity contribution is 5.86. The number of carbonyl (C=O) groups is 1. The highest BCUT2D eigenvalue weighted by Gasteiger charge is 2.60. The fourth-order valence-corrected chi connectivity index (χ4v) is 4.17. The quantitative estimate of drug-likeness (QED) is 0.839.